The van der Waals surface area contributed by atoms with Crippen molar-refractivity contribution < 1.29 is 4.74 Å². The highest BCUT2D eigenvalue weighted by molar-refractivity contribution is 6.30. The molecule has 0 saturated carbocycles. The van der Waals surface area contributed by atoms with Gasteiger partial charge in [-0.1, -0.05) is 41.4 Å². The fraction of sp³-hybridized carbons (Fsp3) is 0.0769. The first-order valence-electron chi connectivity index (χ1n) is 4.87. The average molecular weight is 253 g/mol. The predicted molar refractivity (Wildman–Crippen MR) is 67.2 cm³/mol. The van der Waals surface area contributed by atoms with Crippen molar-refractivity contribution in [1.82, 2.24) is 0 Å². The van der Waals surface area contributed by atoms with Crippen LogP contribution in [-0.4, -0.2) is 0 Å². The molecule has 0 N–H and O–H groups in total. The van der Waals surface area contributed by atoms with Crippen molar-refractivity contribution >= 4 is 23.2 Å². The summed E-state index contributed by atoms with van der Waals surface area (Å²) in [6.45, 7) is 0.487. The molecule has 16 heavy (non-hydrogen) atoms. The van der Waals surface area contributed by atoms with Crippen LogP contribution in [0, 0.1) is 0 Å². The van der Waals surface area contributed by atoms with E-state index in [2.05, 4.69) is 0 Å². The van der Waals surface area contributed by atoms with Crippen molar-refractivity contribution in [2.75, 3.05) is 0 Å². The molecule has 0 aliphatic heterocycles. The van der Waals surface area contributed by atoms with Crippen molar-refractivity contribution in [2.45, 2.75) is 6.61 Å². The zero-order chi connectivity index (χ0) is 11.4. The average Bonchev–Trinajstić information content (AvgIpc) is 2.27. The molecule has 0 aliphatic rings. The minimum atomic E-state index is 0.487. The van der Waals surface area contributed by atoms with Crippen LogP contribution in [0.3, 0.4) is 0 Å². The molecule has 0 bridgehead atoms. The second-order valence-electron chi connectivity index (χ2n) is 3.38. The molecular weight excluding hydrogens is 243 g/mol. The van der Waals surface area contributed by atoms with Gasteiger partial charge in [0.1, 0.15) is 12.4 Å². The molecule has 0 spiro atoms. The van der Waals surface area contributed by atoms with Crippen LogP contribution in [0.1, 0.15) is 5.56 Å². The molecule has 0 aromatic heterocycles. The Labute approximate surface area is 105 Å². The summed E-state index contributed by atoms with van der Waals surface area (Å²) in [6, 6.07) is 14.9. The van der Waals surface area contributed by atoms with Gasteiger partial charge in [0.25, 0.3) is 0 Å². The van der Waals surface area contributed by atoms with Crippen molar-refractivity contribution in [3.63, 3.8) is 0 Å². The molecule has 0 amide bonds. The quantitative estimate of drug-likeness (QED) is 0.778. The number of rotatable bonds is 3. The molecule has 0 atom stereocenters. The third-order valence-electron chi connectivity index (χ3n) is 2.09. The van der Waals surface area contributed by atoms with Crippen LogP contribution in [0.15, 0.2) is 48.5 Å². The first-order chi connectivity index (χ1) is 7.74. The fourth-order valence-corrected chi connectivity index (χ4v) is 1.74. The number of halogens is 2. The Morgan fingerprint density at radius 3 is 2.25 bits per heavy atom. The van der Waals surface area contributed by atoms with Crippen molar-refractivity contribution in [3.8, 4) is 5.75 Å². The van der Waals surface area contributed by atoms with Gasteiger partial charge in [-0.3, -0.25) is 0 Å². The minimum absolute atomic E-state index is 0.487. The van der Waals surface area contributed by atoms with E-state index in [4.69, 9.17) is 27.9 Å². The molecule has 3 heteroatoms. The number of hydrogen-bond acceptors (Lipinski definition) is 1. The molecule has 0 heterocycles. The fourth-order valence-electron chi connectivity index (χ4n) is 1.35. The van der Waals surface area contributed by atoms with Gasteiger partial charge >= 0.3 is 0 Å². The van der Waals surface area contributed by atoms with E-state index in [9.17, 15) is 0 Å². The minimum Gasteiger partial charge on any atom is -0.489 e. The van der Waals surface area contributed by atoms with Gasteiger partial charge in [0.2, 0.25) is 0 Å². The van der Waals surface area contributed by atoms with E-state index < -0.39 is 0 Å². The summed E-state index contributed by atoms with van der Waals surface area (Å²) in [5, 5.41) is 1.38. The van der Waals surface area contributed by atoms with E-state index >= 15 is 0 Å². The van der Waals surface area contributed by atoms with Gasteiger partial charge in [0.15, 0.2) is 0 Å². The van der Waals surface area contributed by atoms with Crippen molar-refractivity contribution in [2.24, 2.45) is 0 Å². The Balaban J connectivity index is 2.02. The van der Waals surface area contributed by atoms with Gasteiger partial charge in [-0.05, 0) is 35.9 Å². The Bertz CT molecular complexity index is 437. The third-order valence-corrected chi connectivity index (χ3v) is 2.56. The Kier molecular flexibility index (Phi) is 3.70. The third kappa shape index (κ3) is 3.16. The Morgan fingerprint density at radius 2 is 1.56 bits per heavy atom. The van der Waals surface area contributed by atoms with Gasteiger partial charge in [0.05, 0.1) is 0 Å². The van der Waals surface area contributed by atoms with Gasteiger partial charge in [0, 0.05) is 10.0 Å². The van der Waals surface area contributed by atoms with Gasteiger partial charge in [-0.2, -0.15) is 0 Å². The molecule has 0 radical (unpaired) electrons. The zero-order valence-corrected chi connectivity index (χ0v) is 10.0. The van der Waals surface area contributed by atoms with Crippen molar-refractivity contribution in [1.29, 1.82) is 0 Å². The van der Waals surface area contributed by atoms with Crippen molar-refractivity contribution in [3.05, 3.63) is 64.1 Å². The van der Waals surface area contributed by atoms with Crippen LogP contribution in [0.25, 0.3) is 0 Å². The lowest BCUT2D eigenvalue weighted by atomic mass is 10.2. The van der Waals surface area contributed by atoms with E-state index in [-0.39, 0.29) is 0 Å². The summed E-state index contributed by atoms with van der Waals surface area (Å²) >= 11 is 11.7. The molecule has 0 unspecified atom stereocenters. The SMILES string of the molecule is Clc1cccc(COc2cccc(Cl)c2)c1. The molecule has 2 aromatic rings. The standard InChI is InChI=1S/C13H10Cl2O/c14-11-4-1-3-10(7-11)9-16-13-6-2-5-12(15)8-13/h1-8H,9H2. The molecule has 1 nitrogen and oxygen atoms in total. The highest BCUT2D eigenvalue weighted by atomic mass is 35.5. The normalized spacial score (nSPS) is 10.1. The van der Waals surface area contributed by atoms with Crippen LogP contribution < -0.4 is 4.74 Å². The van der Waals surface area contributed by atoms with E-state index in [0.29, 0.717) is 16.7 Å². The summed E-state index contributed by atoms with van der Waals surface area (Å²) in [5.41, 5.74) is 1.03. The lowest BCUT2D eigenvalue weighted by Crippen LogP contribution is -1.94. The molecule has 2 rings (SSSR count). The summed E-state index contributed by atoms with van der Waals surface area (Å²) in [7, 11) is 0. The molecule has 2 aromatic carbocycles. The summed E-state index contributed by atoms with van der Waals surface area (Å²) in [6.07, 6.45) is 0. The highest BCUT2D eigenvalue weighted by Crippen LogP contribution is 2.19. The maximum atomic E-state index is 5.88. The molecule has 0 aliphatic carbocycles. The molecule has 0 saturated heterocycles. The highest BCUT2D eigenvalue weighted by Gasteiger charge is 1.97. The van der Waals surface area contributed by atoms with E-state index in [1.165, 1.54) is 0 Å². The number of benzene rings is 2. The second-order valence-corrected chi connectivity index (χ2v) is 4.25. The Hall–Kier alpha value is -1.18. The first kappa shape index (κ1) is 11.3. The second kappa shape index (κ2) is 5.24. The molecular formula is C13H10Cl2O. The van der Waals surface area contributed by atoms with Crippen LogP contribution >= 0.6 is 23.2 Å². The van der Waals surface area contributed by atoms with Crippen LogP contribution in [0.4, 0.5) is 0 Å². The summed E-state index contributed by atoms with van der Waals surface area (Å²) < 4.78 is 5.58. The topological polar surface area (TPSA) is 9.23 Å². The van der Waals surface area contributed by atoms with E-state index in [0.717, 1.165) is 11.3 Å². The maximum Gasteiger partial charge on any atom is 0.121 e. The summed E-state index contributed by atoms with van der Waals surface area (Å²) in [4.78, 5) is 0. The number of ether oxygens (including phenoxy) is 1. The van der Waals surface area contributed by atoms with Gasteiger partial charge in [-0.25, -0.2) is 0 Å². The first-order valence-corrected chi connectivity index (χ1v) is 5.62. The zero-order valence-electron chi connectivity index (χ0n) is 8.49. The predicted octanol–water partition coefficient (Wildman–Crippen LogP) is 4.57. The largest absolute Gasteiger partial charge is 0.489 e. The lowest BCUT2D eigenvalue weighted by Gasteiger charge is -2.06. The smallest absolute Gasteiger partial charge is 0.121 e. The maximum absolute atomic E-state index is 5.88. The number of hydrogen-bond donors (Lipinski definition) is 0. The van der Waals surface area contributed by atoms with E-state index in [1.54, 1.807) is 6.07 Å². The van der Waals surface area contributed by atoms with Gasteiger partial charge in [-0.15, -0.1) is 0 Å². The van der Waals surface area contributed by atoms with E-state index in [1.807, 2.05) is 42.5 Å². The molecule has 82 valence electrons. The van der Waals surface area contributed by atoms with Gasteiger partial charge < -0.3 is 4.74 Å². The van der Waals surface area contributed by atoms with Crippen LogP contribution in [0.5, 0.6) is 5.75 Å². The van der Waals surface area contributed by atoms with Crippen LogP contribution in [0.2, 0.25) is 10.0 Å². The lowest BCUT2D eigenvalue weighted by molar-refractivity contribution is 0.306. The van der Waals surface area contributed by atoms with Crippen LogP contribution in [-0.2, 0) is 6.61 Å². The summed E-state index contributed by atoms with van der Waals surface area (Å²) in [5.74, 6) is 0.757. The molecule has 0 fully saturated rings. The monoisotopic (exact) mass is 252 g/mol. The Morgan fingerprint density at radius 1 is 0.875 bits per heavy atom.